The summed E-state index contributed by atoms with van der Waals surface area (Å²) in [5, 5.41) is 1.91. The molecule has 0 aromatic rings. The summed E-state index contributed by atoms with van der Waals surface area (Å²) >= 11 is 0. The molecule has 0 aromatic carbocycles. The first-order valence-corrected chi connectivity index (χ1v) is 4.08. The third-order valence-electron chi connectivity index (χ3n) is 1.43. The largest absolute Gasteiger partial charge is 0.414 e. The molecule has 0 aliphatic heterocycles. The Morgan fingerprint density at radius 3 is 2.07 bits per heavy atom. The number of nitrogens with one attached hydrogen (secondary N) is 1. The van der Waals surface area contributed by atoms with E-state index >= 15 is 0 Å². The summed E-state index contributed by atoms with van der Waals surface area (Å²) in [5.41, 5.74) is 0. The standard InChI is InChI=1S/C7H11F6NO/c1-5(7(11,12)13)15-3-2-14-4-6(8,9)10/h5,14H,2-4H2,1H3. The van der Waals surface area contributed by atoms with Crippen molar-refractivity contribution in [1.82, 2.24) is 5.32 Å². The van der Waals surface area contributed by atoms with Crippen LogP contribution in [-0.4, -0.2) is 38.2 Å². The number of hydrogen-bond acceptors (Lipinski definition) is 2. The quantitative estimate of drug-likeness (QED) is 0.586. The number of ether oxygens (including phenoxy) is 1. The van der Waals surface area contributed by atoms with E-state index in [1.165, 1.54) is 0 Å². The molecule has 0 radical (unpaired) electrons. The van der Waals surface area contributed by atoms with Crippen LogP contribution in [0.5, 0.6) is 0 Å². The minimum atomic E-state index is -4.48. The highest BCUT2D eigenvalue weighted by Crippen LogP contribution is 2.21. The predicted octanol–water partition coefficient (Wildman–Crippen LogP) is 2.11. The summed E-state index contributed by atoms with van der Waals surface area (Å²) in [6.07, 6.45) is -10.8. The number of halogens is 6. The molecule has 1 unspecified atom stereocenters. The summed E-state index contributed by atoms with van der Waals surface area (Å²) in [6.45, 7) is -1.14. The van der Waals surface area contributed by atoms with E-state index in [0.29, 0.717) is 0 Å². The molecule has 0 saturated heterocycles. The second kappa shape index (κ2) is 5.55. The molecule has 1 atom stereocenters. The average Bonchev–Trinajstić information content (AvgIpc) is 1.99. The Morgan fingerprint density at radius 1 is 1.13 bits per heavy atom. The molecule has 0 bridgehead atoms. The Labute approximate surface area is 82.6 Å². The highest BCUT2D eigenvalue weighted by molar-refractivity contribution is 4.61. The molecule has 0 heterocycles. The minimum absolute atomic E-state index is 0.278. The molecule has 92 valence electrons. The van der Waals surface area contributed by atoms with Crippen LogP contribution in [0.1, 0.15) is 6.92 Å². The van der Waals surface area contributed by atoms with Gasteiger partial charge in [-0.1, -0.05) is 0 Å². The van der Waals surface area contributed by atoms with E-state index in [-0.39, 0.29) is 6.54 Å². The molecule has 0 aliphatic rings. The number of rotatable bonds is 5. The molecule has 8 heteroatoms. The summed E-state index contributed by atoms with van der Waals surface area (Å²) in [4.78, 5) is 0. The Morgan fingerprint density at radius 2 is 1.67 bits per heavy atom. The van der Waals surface area contributed by atoms with E-state index < -0.39 is 31.6 Å². The second-order valence-electron chi connectivity index (χ2n) is 2.85. The van der Waals surface area contributed by atoms with Crippen molar-refractivity contribution in [2.75, 3.05) is 19.7 Å². The van der Waals surface area contributed by atoms with E-state index in [1.54, 1.807) is 0 Å². The molecule has 0 rings (SSSR count). The Balaban J connectivity index is 3.48. The van der Waals surface area contributed by atoms with Gasteiger partial charge >= 0.3 is 12.4 Å². The van der Waals surface area contributed by atoms with Gasteiger partial charge in [0.05, 0.1) is 13.2 Å². The van der Waals surface area contributed by atoms with E-state index in [2.05, 4.69) is 4.74 Å². The van der Waals surface area contributed by atoms with Crippen LogP contribution in [-0.2, 0) is 4.74 Å². The zero-order chi connectivity index (χ0) is 12.1. The summed E-state index contributed by atoms with van der Waals surface area (Å²) in [5.74, 6) is 0. The zero-order valence-electron chi connectivity index (χ0n) is 7.87. The first kappa shape index (κ1) is 14.5. The molecule has 1 N–H and O–H groups in total. The number of alkyl halides is 6. The van der Waals surface area contributed by atoms with Crippen molar-refractivity contribution in [3.05, 3.63) is 0 Å². The van der Waals surface area contributed by atoms with Gasteiger partial charge in [-0.05, 0) is 6.92 Å². The molecule has 15 heavy (non-hydrogen) atoms. The SMILES string of the molecule is CC(OCCNCC(F)(F)F)C(F)(F)F. The fourth-order valence-corrected chi connectivity index (χ4v) is 0.632. The van der Waals surface area contributed by atoms with E-state index in [1.807, 2.05) is 5.32 Å². The fraction of sp³-hybridized carbons (Fsp3) is 1.00. The van der Waals surface area contributed by atoms with Gasteiger partial charge in [0, 0.05) is 6.54 Å². The topological polar surface area (TPSA) is 21.3 Å². The molecule has 0 aliphatic carbocycles. The van der Waals surface area contributed by atoms with Crippen LogP contribution < -0.4 is 5.32 Å². The van der Waals surface area contributed by atoms with Gasteiger partial charge in [-0.25, -0.2) is 0 Å². The molecular weight excluding hydrogens is 228 g/mol. The van der Waals surface area contributed by atoms with Crippen LogP contribution in [0.2, 0.25) is 0 Å². The van der Waals surface area contributed by atoms with Gasteiger partial charge < -0.3 is 10.1 Å². The van der Waals surface area contributed by atoms with Crippen molar-refractivity contribution in [2.45, 2.75) is 25.4 Å². The highest BCUT2D eigenvalue weighted by atomic mass is 19.4. The predicted molar refractivity (Wildman–Crippen MR) is 40.4 cm³/mol. The van der Waals surface area contributed by atoms with Gasteiger partial charge in [-0.3, -0.25) is 0 Å². The molecule has 2 nitrogen and oxygen atoms in total. The maximum Gasteiger partial charge on any atom is 0.414 e. The van der Waals surface area contributed by atoms with E-state index in [0.717, 1.165) is 6.92 Å². The van der Waals surface area contributed by atoms with Crippen LogP contribution in [0.3, 0.4) is 0 Å². The molecule has 0 spiro atoms. The summed E-state index contributed by atoms with van der Waals surface area (Å²) in [7, 11) is 0. The van der Waals surface area contributed by atoms with Gasteiger partial charge in [0.15, 0.2) is 6.10 Å². The zero-order valence-corrected chi connectivity index (χ0v) is 7.87. The maximum atomic E-state index is 11.8. The van der Waals surface area contributed by atoms with Gasteiger partial charge in [0.1, 0.15) is 0 Å². The Bertz CT molecular complexity index is 177. The summed E-state index contributed by atoms with van der Waals surface area (Å²) in [6, 6.07) is 0. The minimum Gasteiger partial charge on any atom is -0.368 e. The lowest BCUT2D eigenvalue weighted by Crippen LogP contribution is -2.34. The average molecular weight is 239 g/mol. The van der Waals surface area contributed by atoms with E-state index in [4.69, 9.17) is 0 Å². The van der Waals surface area contributed by atoms with Crippen LogP contribution in [0.25, 0.3) is 0 Å². The van der Waals surface area contributed by atoms with Crippen LogP contribution in [0, 0.1) is 0 Å². The van der Waals surface area contributed by atoms with Crippen LogP contribution in [0.15, 0.2) is 0 Å². The lowest BCUT2D eigenvalue weighted by Gasteiger charge is -2.16. The monoisotopic (exact) mass is 239 g/mol. The Kier molecular flexibility index (Phi) is 5.36. The van der Waals surface area contributed by atoms with Gasteiger partial charge in [-0.2, -0.15) is 26.3 Å². The maximum absolute atomic E-state index is 11.8. The third kappa shape index (κ3) is 8.49. The summed E-state index contributed by atoms with van der Waals surface area (Å²) < 4.78 is 74.4. The van der Waals surface area contributed by atoms with Crippen molar-refractivity contribution < 1.29 is 31.1 Å². The van der Waals surface area contributed by atoms with Crippen molar-refractivity contribution >= 4 is 0 Å². The first-order chi connectivity index (χ1) is 6.63. The lowest BCUT2D eigenvalue weighted by atomic mass is 10.4. The Hall–Kier alpha value is -0.500. The molecule has 0 aromatic heterocycles. The number of hydrogen-bond donors (Lipinski definition) is 1. The normalized spacial score (nSPS) is 15.4. The molecule has 0 amide bonds. The van der Waals surface area contributed by atoms with Gasteiger partial charge in [0.25, 0.3) is 0 Å². The second-order valence-corrected chi connectivity index (χ2v) is 2.85. The molecule has 0 saturated carbocycles. The van der Waals surface area contributed by atoms with Crippen LogP contribution in [0.4, 0.5) is 26.3 Å². The fourth-order valence-electron chi connectivity index (χ4n) is 0.632. The third-order valence-corrected chi connectivity index (χ3v) is 1.43. The smallest absolute Gasteiger partial charge is 0.368 e. The van der Waals surface area contributed by atoms with Crippen molar-refractivity contribution in [2.24, 2.45) is 0 Å². The van der Waals surface area contributed by atoms with Crippen molar-refractivity contribution in [3.8, 4) is 0 Å². The highest BCUT2D eigenvalue weighted by Gasteiger charge is 2.36. The van der Waals surface area contributed by atoms with Crippen molar-refractivity contribution in [3.63, 3.8) is 0 Å². The first-order valence-electron chi connectivity index (χ1n) is 4.08. The lowest BCUT2D eigenvalue weighted by molar-refractivity contribution is -0.213. The van der Waals surface area contributed by atoms with Crippen molar-refractivity contribution in [1.29, 1.82) is 0 Å². The van der Waals surface area contributed by atoms with Gasteiger partial charge in [-0.15, -0.1) is 0 Å². The van der Waals surface area contributed by atoms with E-state index in [9.17, 15) is 26.3 Å². The molecule has 0 fully saturated rings. The van der Waals surface area contributed by atoms with Crippen LogP contribution >= 0.6 is 0 Å². The molecular formula is C7H11F6NO. The van der Waals surface area contributed by atoms with Gasteiger partial charge in [0.2, 0.25) is 0 Å².